The highest BCUT2D eigenvalue weighted by Crippen LogP contribution is 2.57. The molecule has 1 aliphatic carbocycles. The highest BCUT2D eigenvalue weighted by atomic mass is 14.4. The molecule has 0 radical (unpaired) electrons. The summed E-state index contributed by atoms with van der Waals surface area (Å²) in [7, 11) is 0. The maximum absolute atomic E-state index is 2.49. The van der Waals surface area contributed by atoms with Crippen molar-refractivity contribution in [2.24, 2.45) is 0 Å². The van der Waals surface area contributed by atoms with Gasteiger partial charge in [-0.3, -0.25) is 0 Å². The van der Waals surface area contributed by atoms with Gasteiger partial charge in [0, 0.05) is 5.41 Å². The molecule has 0 amide bonds. The average molecular weight is 647 g/mol. The molecule has 0 heterocycles. The molecule has 0 aromatic heterocycles. The monoisotopic (exact) mass is 646 g/mol. The van der Waals surface area contributed by atoms with Gasteiger partial charge in [-0.2, -0.15) is 0 Å². The Morgan fingerprint density at radius 2 is 0.804 bits per heavy atom. The molecule has 238 valence electrons. The third-order valence-electron chi connectivity index (χ3n) is 11.8. The molecular weight excluding hydrogens is 613 g/mol. The minimum atomic E-state index is -0.158. The van der Waals surface area contributed by atoms with Gasteiger partial charge in [0.1, 0.15) is 0 Å². The first-order chi connectivity index (χ1) is 25.1. The first-order valence-corrected chi connectivity index (χ1v) is 18.0. The zero-order valence-electron chi connectivity index (χ0n) is 28.7. The van der Waals surface area contributed by atoms with E-state index in [1.807, 2.05) is 0 Å². The minimum absolute atomic E-state index is 0.158. The molecule has 51 heavy (non-hydrogen) atoms. The van der Waals surface area contributed by atoms with Crippen molar-refractivity contribution < 1.29 is 0 Å². The fourth-order valence-electron chi connectivity index (χ4n) is 9.73. The van der Waals surface area contributed by atoms with Crippen LogP contribution >= 0.6 is 0 Å². The van der Waals surface area contributed by atoms with Crippen molar-refractivity contribution in [3.63, 3.8) is 0 Å². The van der Waals surface area contributed by atoms with Crippen LogP contribution in [0.3, 0.4) is 0 Å². The summed E-state index contributed by atoms with van der Waals surface area (Å²) in [5.74, 6) is 0. The van der Waals surface area contributed by atoms with E-state index in [-0.39, 0.29) is 5.41 Å². The van der Waals surface area contributed by atoms with Gasteiger partial charge >= 0.3 is 0 Å². The molecule has 0 fully saturated rings. The molecule has 0 saturated heterocycles. The zero-order chi connectivity index (χ0) is 33.8. The molecule has 0 atom stereocenters. The summed E-state index contributed by atoms with van der Waals surface area (Å²) in [6.07, 6.45) is 0. The molecule has 10 aromatic rings. The Morgan fingerprint density at radius 3 is 1.47 bits per heavy atom. The van der Waals surface area contributed by atoms with Crippen molar-refractivity contribution in [2.75, 3.05) is 0 Å². The summed E-state index contributed by atoms with van der Waals surface area (Å²) in [5, 5.41) is 15.6. The van der Waals surface area contributed by atoms with Gasteiger partial charge in [-0.1, -0.05) is 178 Å². The van der Waals surface area contributed by atoms with Crippen LogP contribution in [0.5, 0.6) is 0 Å². The van der Waals surface area contributed by atoms with E-state index >= 15 is 0 Å². The summed E-state index contributed by atoms with van der Waals surface area (Å²) in [6, 6.07) is 63.5. The van der Waals surface area contributed by atoms with Gasteiger partial charge in [-0.05, 0) is 115 Å². The second kappa shape index (κ2) is 10.4. The van der Waals surface area contributed by atoms with E-state index in [1.54, 1.807) is 0 Å². The van der Waals surface area contributed by atoms with Crippen LogP contribution in [0.2, 0.25) is 0 Å². The van der Waals surface area contributed by atoms with Gasteiger partial charge in [-0.25, -0.2) is 0 Å². The van der Waals surface area contributed by atoms with Crippen molar-refractivity contribution >= 4 is 64.6 Å². The summed E-state index contributed by atoms with van der Waals surface area (Å²) >= 11 is 0. The molecular formula is C51H34. The summed E-state index contributed by atoms with van der Waals surface area (Å²) in [6.45, 7) is 4.86. The van der Waals surface area contributed by atoms with Crippen LogP contribution in [0.4, 0.5) is 0 Å². The van der Waals surface area contributed by atoms with Crippen LogP contribution in [0.1, 0.15) is 25.0 Å². The van der Waals surface area contributed by atoms with E-state index in [2.05, 4.69) is 184 Å². The molecule has 0 unspecified atom stereocenters. The largest absolute Gasteiger partial charge is 0.0616 e. The van der Waals surface area contributed by atoms with Gasteiger partial charge in [-0.15, -0.1) is 0 Å². The van der Waals surface area contributed by atoms with Gasteiger partial charge in [0.2, 0.25) is 0 Å². The number of hydrogen-bond acceptors (Lipinski definition) is 0. The topological polar surface area (TPSA) is 0 Å². The quantitative estimate of drug-likeness (QED) is 0.129. The van der Waals surface area contributed by atoms with Crippen molar-refractivity contribution in [2.45, 2.75) is 19.3 Å². The fourth-order valence-corrected chi connectivity index (χ4v) is 9.73. The number of rotatable bonds is 2. The van der Waals surface area contributed by atoms with Crippen LogP contribution in [0.25, 0.3) is 98.0 Å². The lowest BCUT2D eigenvalue weighted by Crippen LogP contribution is -2.16. The minimum Gasteiger partial charge on any atom is -0.0616 e. The van der Waals surface area contributed by atoms with Gasteiger partial charge in [0.15, 0.2) is 0 Å². The molecule has 0 heteroatoms. The standard InChI is InChI=1S/C51H34/c1-51(2)49-35-18-6-4-15-32(35)26-29-44(49)48-38-20-8-7-19-36(38)45-30-33(27-28-43(45)50(48)51)46-39-21-9-11-23-41(39)47(42-24-12-10-22-40(42)46)37-25-13-16-31-14-3-5-17-34(31)37/h3-30H,1-2H3. The van der Waals surface area contributed by atoms with E-state index in [4.69, 9.17) is 0 Å². The van der Waals surface area contributed by atoms with Crippen LogP contribution < -0.4 is 0 Å². The maximum atomic E-state index is 2.49. The molecule has 0 N–H and O–H groups in total. The van der Waals surface area contributed by atoms with Crippen LogP contribution in [0.15, 0.2) is 170 Å². The lowest BCUT2D eigenvalue weighted by molar-refractivity contribution is 0.672. The van der Waals surface area contributed by atoms with E-state index in [9.17, 15) is 0 Å². The Morgan fingerprint density at radius 1 is 0.294 bits per heavy atom. The predicted molar refractivity (Wildman–Crippen MR) is 220 cm³/mol. The highest BCUT2D eigenvalue weighted by Gasteiger charge is 2.39. The molecule has 1 aliphatic rings. The van der Waals surface area contributed by atoms with Gasteiger partial charge < -0.3 is 0 Å². The second-order valence-electron chi connectivity index (χ2n) is 14.8. The molecule has 0 nitrogen and oxygen atoms in total. The average Bonchev–Trinajstić information content (AvgIpc) is 3.43. The van der Waals surface area contributed by atoms with Crippen LogP contribution in [0, 0.1) is 0 Å². The molecule has 0 aliphatic heterocycles. The summed E-state index contributed by atoms with van der Waals surface area (Å²) < 4.78 is 0. The van der Waals surface area contributed by atoms with Crippen molar-refractivity contribution in [1.29, 1.82) is 0 Å². The SMILES string of the molecule is CC1(C)c2c(ccc3ccccc23)-c2c1c1ccc(-c3c4ccccc4c(-c4cccc5ccccc45)c4ccccc34)cc1c1ccccc21. The molecule has 11 rings (SSSR count). The van der Waals surface area contributed by atoms with Crippen LogP contribution in [-0.2, 0) is 5.41 Å². The summed E-state index contributed by atoms with van der Waals surface area (Å²) in [4.78, 5) is 0. The van der Waals surface area contributed by atoms with E-state index in [0.29, 0.717) is 0 Å². The summed E-state index contributed by atoms with van der Waals surface area (Å²) in [5.41, 5.74) is 10.6. The van der Waals surface area contributed by atoms with Crippen LogP contribution in [-0.4, -0.2) is 0 Å². The van der Waals surface area contributed by atoms with E-state index in [1.165, 1.54) is 109 Å². The highest BCUT2D eigenvalue weighted by molar-refractivity contribution is 6.25. The third-order valence-corrected chi connectivity index (χ3v) is 11.8. The van der Waals surface area contributed by atoms with Crippen molar-refractivity contribution in [3.05, 3.63) is 181 Å². The Bertz CT molecular complexity index is 3040. The van der Waals surface area contributed by atoms with Gasteiger partial charge in [0.05, 0.1) is 0 Å². The normalized spacial score (nSPS) is 13.5. The first-order valence-electron chi connectivity index (χ1n) is 18.0. The van der Waals surface area contributed by atoms with Gasteiger partial charge in [0.25, 0.3) is 0 Å². The second-order valence-corrected chi connectivity index (χ2v) is 14.8. The molecule has 0 saturated carbocycles. The lowest BCUT2D eigenvalue weighted by atomic mass is 9.77. The van der Waals surface area contributed by atoms with Crippen molar-refractivity contribution in [1.82, 2.24) is 0 Å². The number of fused-ring (bicyclic) bond motifs is 13. The predicted octanol–water partition coefficient (Wildman–Crippen LogP) is 14.2. The third kappa shape index (κ3) is 3.85. The smallest absolute Gasteiger partial charge is 0.0171 e. The molecule has 0 spiro atoms. The van der Waals surface area contributed by atoms with E-state index in [0.717, 1.165) is 0 Å². The fraction of sp³-hybridized carbons (Fsp3) is 0.0588. The number of benzene rings is 10. The zero-order valence-corrected chi connectivity index (χ0v) is 28.7. The Kier molecular flexibility index (Phi) is 5.82. The first kappa shape index (κ1) is 28.6. The van der Waals surface area contributed by atoms with E-state index < -0.39 is 0 Å². The number of hydrogen-bond donors (Lipinski definition) is 0. The maximum Gasteiger partial charge on any atom is 0.0171 e. The Labute approximate surface area is 297 Å². The molecule has 0 bridgehead atoms. The van der Waals surface area contributed by atoms with Crippen molar-refractivity contribution in [3.8, 4) is 33.4 Å². The molecule has 10 aromatic carbocycles. The Hall–Kier alpha value is -6.24. The lowest BCUT2D eigenvalue weighted by Gasteiger charge is -2.25. The Balaban J connectivity index is 1.24.